The summed E-state index contributed by atoms with van der Waals surface area (Å²) in [6, 6.07) is 10.4. The van der Waals surface area contributed by atoms with Crippen LogP contribution in [-0.4, -0.2) is 11.9 Å². The predicted molar refractivity (Wildman–Crippen MR) is 96.6 cm³/mol. The number of nitrogens with two attached hydrogens (primary N) is 1. The van der Waals surface area contributed by atoms with Gasteiger partial charge in [-0.05, 0) is 30.4 Å². The van der Waals surface area contributed by atoms with Gasteiger partial charge in [-0.1, -0.05) is 62.9 Å². The number of benzene rings is 1. The normalized spacial score (nSPS) is 27.3. The third kappa shape index (κ3) is 3.87. The third-order valence-corrected chi connectivity index (χ3v) is 5.17. The molecular weight excluding hydrogens is 306 g/mol. The quantitative estimate of drug-likeness (QED) is 0.805. The molecule has 0 saturated carbocycles. The van der Waals surface area contributed by atoms with Crippen LogP contribution < -0.4 is 5.73 Å². The van der Waals surface area contributed by atoms with E-state index in [2.05, 4.69) is 19.9 Å². The summed E-state index contributed by atoms with van der Waals surface area (Å²) in [6.07, 6.45) is 5.42. The van der Waals surface area contributed by atoms with Gasteiger partial charge in [0.25, 0.3) is 0 Å². The Morgan fingerprint density at radius 3 is 2.57 bits per heavy atom. The molecular formula is C19H26ClN3. The van der Waals surface area contributed by atoms with Crippen molar-refractivity contribution in [1.29, 1.82) is 5.26 Å². The molecule has 2 N–H and O–H groups in total. The molecule has 23 heavy (non-hydrogen) atoms. The number of nitriles is 1. The average molecular weight is 332 g/mol. The molecule has 0 aromatic heterocycles. The zero-order chi connectivity index (χ0) is 16.8. The topological polar surface area (TPSA) is 62.2 Å². The lowest BCUT2D eigenvalue weighted by molar-refractivity contribution is 0.277. The molecule has 1 heterocycles. The monoisotopic (exact) mass is 331 g/mol. The number of amidine groups is 1. The Labute approximate surface area is 144 Å². The number of nitrogens with zero attached hydrogens (tertiary/aromatic N) is 2. The lowest BCUT2D eigenvalue weighted by atomic mass is 9.69. The van der Waals surface area contributed by atoms with E-state index in [0.29, 0.717) is 11.8 Å². The maximum atomic E-state index is 9.68. The smallest absolute Gasteiger partial charge is 0.112 e. The number of aliphatic imine (C=N–C) groups is 1. The zero-order valence-corrected chi connectivity index (χ0v) is 14.8. The zero-order valence-electron chi connectivity index (χ0n) is 14.0. The van der Waals surface area contributed by atoms with Gasteiger partial charge in [0.2, 0.25) is 0 Å². The van der Waals surface area contributed by atoms with Crippen molar-refractivity contribution in [3.63, 3.8) is 0 Å². The highest BCUT2D eigenvalue weighted by atomic mass is 35.5. The fourth-order valence-electron chi connectivity index (χ4n) is 3.74. The minimum absolute atomic E-state index is 0.0352. The molecule has 4 heteroatoms. The fourth-order valence-corrected chi connectivity index (χ4v) is 4.00. The summed E-state index contributed by atoms with van der Waals surface area (Å²) in [5.74, 6) is 0.451. The molecule has 4 atom stereocenters. The molecule has 4 unspecified atom stereocenters. The van der Waals surface area contributed by atoms with E-state index in [0.717, 1.165) is 42.7 Å². The molecule has 0 amide bonds. The van der Waals surface area contributed by atoms with Gasteiger partial charge in [-0.25, -0.2) is 0 Å². The molecule has 2 rings (SSSR count). The Balaban J connectivity index is 2.47. The highest BCUT2D eigenvalue weighted by Gasteiger charge is 2.41. The van der Waals surface area contributed by atoms with Crippen molar-refractivity contribution in [2.24, 2.45) is 22.6 Å². The van der Waals surface area contributed by atoms with E-state index in [9.17, 15) is 5.26 Å². The van der Waals surface area contributed by atoms with E-state index in [1.54, 1.807) is 0 Å². The first-order chi connectivity index (χ1) is 11.1. The van der Waals surface area contributed by atoms with Crippen LogP contribution in [-0.2, 0) is 0 Å². The van der Waals surface area contributed by atoms with Gasteiger partial charge >= 0.3 is 0 Å². The van der Waals surface area contributed by atoms with E-state index in [1.807, 2.05) is 24.3 Å². The number of hydrogen-bond acceptors (Lipinski definition) is 3. The second-order valence-corrected chi connectivity index (χ2v) is 6.78. The number of halogens is 1. The molecule has 3 nitrogen and oxygen atoms in total. The van der Waals surface area contributed by atoms with E-state index >= 15 is 0 Å². The van der Waals surface area contributed by atoms with Crippen molar-refractivity contribution in [1.82, 2.24) is 0 Å². The van der Waals surface area contributed by atoms with Crippen molar-refractivity contribution in [3.05, 3.63) is 34.9 Å². The first-order valence-corrected chi connectivity index (χ1v) is 8.99. The second kappa shape index (κ2) is 8.36. The van der Waals surface area contributed by atoms with Crippen LogP contribution in [0.4, 0.5) is 0 Å². The van der Waals surface area contributed by atoms with Gasteiger partial charge in [-0.15, -0.1) is 0 Å². The Morgan fingerprint density at radius 2 is 1.96 bits per heavy atom. The summed E-state index contributed by atoms with van der Waals surface area (Å²) < 4.78 is 0. The van der Waals surface area contributed by atoms with Gasteiger partial charge in [-0.2, -0.15) is 5.26 Å². The predicted octanol–water partition coefficient (Wildman–Crippen LogP) is 4.91. The minimum Gasteiger partial charge on any atom is -0.386 e. The summed E-state index contributed by atoms with van der Waals surface area (Å²) in [5, 5.41) is 10.4. The molecule has 1 aromatic rings. The van der Waals surface area contributed by atoms with Gasteiger partial charge < -0.3 is 5.73 Å². The van der Waals surface area contributed by atoms with Crippen LogP contribution in [0.15, 0.2) is 29.3 Å². The molecule has 0 spiro atoms. The maximum Gasteiger partial charge on any atom is 0.112 e. The highest BCUT2D eigenvalue weighted by Crippen LogP contribution is 2.44. The minimum atomic E-state index is -0.385. The highest BCUT2D eigenvalue weighted by molar-refractivity contribution is 6.31. The van der Waals surface area contributed by atoms with Crippen LogP contribution in [0.1, 0.15) is 57.4 Å². The number of hydrogen-bond donors (Lipinski definition) is 1. The van der Waals surface area contributed by atoms with Gasteiger partial charge in [0.1, 0.15) is 11.8 Å². The van der Waals surface area contributed by atoms with Gasteiger partial charge in [-0.3, -0.25) is 4.99 Å². The van der Waals surface area contributed by atoms with Crippen LogP contribution >= 0.6 is 11.6 Å². The van der Waals surface area contributed by atoms with Crippen LogP contribution in [0.3, 0.4) is 0 Å². The Bertz CT molecular complexity index is 591. The van der Waals surface area contributed by atoms with Crippen molar-refractivity contribution >= 4 is 17.4 Å². The van der Waals surface area contributed by atoms with Crippen LogP contribution in [0.2, 0.25) is 5.02 Å². The van der Waals surface area contributed by atoms with Crippen molar-refractivity contribution in [2.45, 2.75) is 57.9 Å². The first kappa shape index (κ1) is 17.8. The molecule has 1 aliphatic heterocycles. The summed E-state index contributed by atoms with van der Waals surface area (Å²) in [7, 11) is 0. The standard InChI is InChI=1S/C19H26ClN3/c1-3-5-11-17-14(8-4-2)18(15(12-21)19(22)23-17)13-9-6-7-10-16(13)20/h6-7,9-10,14-15,17-18H,3-5,8,11H2,1-2H3,(H2,22,23). The molecule has 1 aromatic carbocycles. The van der Waals surface area contributed by atoms with Crippen LogP contribution in [0, 0.1) is 23.2 Å². The van der Waals surface area contributed by atoms with Crippen LogP contribution in [0.5, 0.6) is 0 Å². The third-order valence-electron chi connectivity index (χ3n) is 4.83. The van der Waals surface area contributed by atoms with Gasteiger partial charge in [0, 0.05) is 10.9 Å². The maximum absolute atomic E-state index is 9.68. The van der Waals surface area contributed by atoms with E-state index in [-0.39, 0.29) is 17.9 Å². The molecule has 1 aliphatic rings. The molecule has 0 aliphatic carbocycles. The average Bonchev–Trinajstić information content (AvgIpc) is 2.55. The molecule has 0 radical (unpaired) electrons. The van der Waals surface area contributed by atoms with Crippen molar-refractivity contribution in [2.75, 3.05) is 0 Å². The number of unbranched alkanes of at least 4 members (excludes halogenated alkanes) is 1. The SMILES string of the molecule is CCCCC1N=C(N)C(C#N)C(c2ccccc2Cl)C1CCC. The molecule has 0 bridgehead atoms. The lowest BCUT2D eigenvalue weighted by Gasteiger charge is -2.39. The van der Waals surface area contributed by atoms with E-state index in [4.69, 9.17) is 22.3 Å². The van der Waals surface area contributed by atoms with Gasteiger partial charge in [0.15, 0.2) is 0 Å². The Morgan fingerprint density at radius 1 is 1.22 bits per heavy atom. The van der Waals surface area contributed by atoms with Crippen LogP contribution in [0.25, 0.3) is 0 Å². The van der Waals surface area contributed by atoms with E-state index in [1.165, 1.54) is 0 Å². The van der Waals surface area contributed by atoms with Crippen molar-refractivity contribution in [3.8, 4) is 6.07 Å². The molecule has 124 valence electrons. The summed E-state index contributed by atoms with van der Waals surface area (Å²) in [6.45, 7) is 4.37. The first-order valence-electron chi connectivity index (χ1n) is 8.61. The lowest BCUT2D eigenvalue weighted by Crippen LogP contribution is -2.42. The summed E-state index contributed by atoms with van der Waals surface area (Å²) in [4.78, 5) is 4.71. The van der Waals surface area contributed by atoms with Crippen molar-refractivity contribution < 1.29 is 0 Å². The summed E-state index contributed by atoms with van der Waals surface area (Å²) in [5.41, 5.74) is 7.21. The van der Waals surface area contributed by atoms with E-state index < -0.39 is 0 Å². The van der Waals surface area contributed by atoms with Gasteiger partial charge in [0.05, 0.1) is 12.1 Å². The molecule has 0 saturated heterocycles. The Hall–Kier alpha value is -1.53. The second-order valence-electron chi connectivity index (χ2n) is 6.37. The number of rotatable bonds is 6. The fraction of sp³-hybridized carbons (Fsp3) is 0.579. The Kier molecular flexibility index (Phi) is 6.47. The molecule has 0 fully saturated rings. The summed E-state index contributed by atoms with van der Waals surface area (Å²) >= 11 is 6.46. The largest absolute Gasteiger partial charge is 0.386 e.